The molecule has 0 aliphatic carbocycles. The lowest BCUT2D eigenvalue weighted by Crippen LogP contribution is -2.23. The Balaban J connectivity index is 1.63. The van der Waals surface area contributed by atoms with E-state index in [1.807, 2.05) is 31.2 Å². The van der Waals surface area contributed by atoms with Crippen molar-refractivity contribution in [1.82, 2.24) is 5.32 Å². The van der Waals surface area contributed by atoms with Crippen LogP contribution in [-0.2, 0) is 16.1 Å². The maximum atomic E-state index is 11.9. The second kappa shape index (κ2) is 11.2. The van der Waals surface area contributed by atoms with Gasteiger partial charge in [-0.3, -0.25) is 9.59 Å². The average Bonchev–Trinajstić information content (AvgIpc) is 2.66. The van der Waals surface area contributed by atoms with Gasteiger partial charge in [-0.15, -0.1) is 0 Å². The molecule has 0 saturated heterocycles. The van der Waals surface area contributed by atoms with Crippen molar-refractivity contribution in [3.05, 3.63) is 59.1 Å². The van der Waals surface area contributed by atoms with Gasteiger partial charge in [0.1, 0.15) is 5.75 Å². The summed E-state index contributed by atoms with van der Waals surface area (Å²) in [5.41, 5.74) is 1.75. The summed E-state index contributed by atoms with van der Waals surface area (Å²) in [6, 6.07) is 14.6. The number of rotatable bonds is 10. The number of ether oxygens (including phenoxy) is 1. The summed E-state index contributed by atoms with van der Waals surface area (Å²) in [6.45, 7) is 2.90. The molecule has 5 nitrogen and oxygen atoms in total. The van der Waals surface area contributed by atoms with Crippen molar-refractivity contribution in [2.75, 3.05) is 11.9 Å². The summed E-state index contributed by atoms with van der Waals surface area (Å²) in [4.78, 5) is 23.5. The zero-order chi connectivity index (χ0) is 19.5. The van der Waals surface area contributed by atoms with Gasteiger partial charge in [0.15, 0.2) is 0 Å². The second-order valence-electron chi connectivity index (χ2n) is 6.18. The molecule has 0 atom stereocenters. The molecule has 0 unspecified atom stereocenters. The first-order valence-electron chi connectivity index (χ1n) is 9.10. The van der Waals surface area contributed by atoms with Gasteiger partial charge in [-0.25, -0.2) is 0 Å². The molecule has 0 spiro atoms. The van der Waals surface area contributed by atoms with Crippen LogP contribution < -0.4 is 15.4 Å². The molecule has 0 saturated carbocycles. The van der Waals surface area contributed by atoms with Crippen molar-refractivity contribution in [2.45, 2.75) is 39.2 Å². The summed E-state index contributed by atoms with van der Waals surface area (Å²) in [5, 5.41) is 6.39. The number of hydrogen-bond donors (Lipinski definition) is 2. The Labute approximate surface area is 165 Å². The Morgan fingerprint density at radius 3 is 2.33 bits per heavy atom. The monoisotopic (exact) mass is 388 g/mol. The van der Waals surface area contributed by atoms with Gasteiger partial charge in [0.05, 0.1) is 6.61 Å². The van der Waals surface area contributed by atoms with E-state index in [1.54, 1.807) is 24.3 Å². The molecule has 0 radical (unpaired) electrons. The van der Waals surface area contributed by atoms with Crippen LogP contribution in [0.4, 0.5) is 5.69 Å². The average molecular weight is 389 g/mol. The van der Waals surface area contributed by atoms with Gasteiger partial charge in [0.2, 0.25) is 11.8 Å². The van der Waals surface area contributed by atoms with Gasteiger partial charge in [0, 0.05) is 30.1 Å². The smallest absolute Gasteiger partial charge is 0.224 e. The number of nitrogens with one attached hydrogen (secondary N) is 2. The van der Waals surface area contributed by atoms with E-state index in [1.165, 1.54) is 0 Å². The van der Waals surface area contributed by atoms with E-state index >= 15 is 0 Å². The molecular formula is C21H25ClN2O3. The lowest BCUT2D eigenvalue weighted by atomic mass is 10.2. The van der Waals surface area contributed by atoms with Gasteiger partial charge < -0.3 is 15.4 Å². The lowest BCUT2D eigenvalue weighted by molar-refractivity contribution is -0.121. The molecule has 0 bridgehead atoms. The SMILES string of the molecule is CCCC(=O)Nc1ccc(CNC(=O)CCCOc2ccc(Cl)cc2)cc1. The molecule has 2 N–H and O–H groups in total. The Bertz CT molecular complexity index is 730. The standard InChI is InChI=1S/C21H25ClN2O3/c1-2-4-21(26)24-18-10-6-16(7-11-18)15-23-20(25)5-3-14-27-19-12-8-17(22)9-13-19/h6-13H,2-5,14-15H2,1H3,(H,23,25)(H,24,26). The molecule has 0 aliphatic rings. The van der Waals surface area contributed by atoms with E-state index in [2.05, 4.69) is 10.6 Å². The number of carbonyl (C=O) groups is 2. The van der Waals surface area contributed by atoms with E-state index in [9.17, 15) is 9.59 Å². The highest BCUT2D eigenvalue weighted by Crippen LogP contribution is 2.15. The summed E-state index contributed by atoms with van der Waals surface area (Å²) < 4.78 is 5.56. The largest absolute Gasteiger partial charge is 0.494 e. The fraction of sp³-hybridized carbons (Fsp3) is 0.333. The molecule has 2 rings (SSSR count). The van der Waals surface area contributed by atoms with E-state index in [0.717, 1.165) is 23.4 Å². The van der Waals surface area contributed by atoms with Gasteiger partial charge in [-0.1, -0.05) is 30.7 Å². The first-order chi connectivity index (χ1) is 13.1. The summed E-state index contributed by atoms with van der Waals surface area (Å²) >= 11 is 5.82. The summed E-state index contributed by atoms with van der Waals surface area (Å²) in [7, 11) is 0. The van der Waals surface area contributed by atoms with Crippen LogP contribution in [0.5, 0.6) is 5.75 Å². The minimum absolute atomic E-state index is 0.0133. The van der Waals surface area contributed by atoms with Crippen LogP contribution in [0.2, 0.25) is 5.02 Å². The molecule has 27 heavy (non-hydrogen) atoms. The van der Waals surface area contributed by atoms with Crippen molar-refractivity contribution in [2.24, 2.45) is 0 Å². The number of benzene rings is 2. The maximum Gasteiger partial charge on any atom is 0.224 e. The zero-order valence-electron chi connectivity index (χ0n) is 15.5. The molecule has 144 valence electrons. The quantitative estimate of drug-likeness (QED) is 0.586. The Morgan fingerprint density at radius 2 is 1.67 bits per heavy atom. The molecule has 2 aromatic carbocycles. The Morgan fingerprint density at radius 1 is 0.963 bits per heavy atom. The van der Waals surface area contributed by atoms with Crippen LogP contribution in [-0.4, -0.2) is 18.4 Å². The minimum Gasteiger partial charge on any atom is -0.494 e. The van der Waals surface area contributed by atoms with Crippen LogP contribution in [0.15, 0.2) is 48.5 Å². The molecule has 0 aromatic heterocycles. The number of amides is 2. The predicted octanol–water partition coefficient (Wildman–Crippen LogP) is 4.55. The van der Waals surface area contributed by atoms with Crippen molar-refractivity contribution in [1.29, 1.82) is 0 Å². The number of anilines is 1. The lowest BCUT2D eigenvalue weighted by Gasteiger charge is -2.08. The van der Waals surface area contributed by atoms with Crippen LogP contribution in [0.1, 0.15) is 38.2 Å². The van der Waals surface area contributed by atoms with Crippen LogP contribution in [0.3, 0.4) is 0 Å². The first kappa shape index (κ1) is 20.8. The predicted molar refractivity (Wildman–Crippen MR) is 108 cm³/mol. The van der Waals surface area contributed by atoms with Crippen molar-refractivity contribution in [3.63, 3.8) is 0 Å². The third-order valence-corrected chi connectivity index (χ3v) is 4.09. The fourth-order valence-electron chi connectivity index (χ4n) is 2.40. The highest BCUT2D eigenvalue weighted by atomic mass is 35.5. The highest BCUT2D eigenvalue weighted by Gasteiger charge is 2.04. The van der Waals surface area contributed by atoms with E-state index < -0.39 is 0 Å². The molecule has 0 aliphatic heterocycles. The van der Waals surface area contributed by atoms with Crippen molar-refractivity contribution < 1.29 is 14.3 Å². The Hall–Kier alpha value is -2.53. The molecular weight excluding hydrogens is 364 g/mol. The van der Waals surface area contributed by atoms with Gasteiger partial charge in [-0.05, 0) is 54.8 Å². The van der Waals surface area contributed by atoms with Crippen LogP contribution in [0.25, 0.3) is 0 Å². The maximum absolute atomic E-state index is 11.9. The first-order valence-corrected chi connectivity index (χ1v) is 9.48. The minimum atomic E-state index is -0.0185. The zero-order valence-corrected chi connectivity index (χ0v) is 16.2. The van der Waals surface area contributed by atoms with Crippen LogP contribution in [0, 0.1) is 0 Å². The third kappa shape index (κ3) is 8.13. The third-order valence-electron chi connectivity index (χ3n) is 3.83. The fourth-order valence-corrected chi connectivity index (χ4v) is 2.53. The van der Waals surface area contributed by atoms with Crippen molar-refractivity contribution >= 4 is 29.1 Å². The summed E-state index contributed by atoms with van der Waals surface area (Å²) in [6.07, 6.45) is 2.37. The topological polar surface area (TPSA) is 67.4 Å². The van der Waals surface area contributed by atoms with Crippen LogP contribution >= 0.6 is 11.6 Å². The van der Waals surface area contributed by atoms with Gasteiger partial charge >= 0.3 is 0 Å². The van der Waals surface area contributed by atoms with Gasteiger partial charge in [-0.2, -0.15) is 0 Å². The number of halogens is 1. The molecule has 0 fully saturated rings. The number of hydrogen-bond acceptors (Lipinski definition) is 3. The Kier molecular flexibility index (Phi) is 8.65. The van der Waals surface area contributed by atoms with E-state index in [-0.39, 0.29) is 11.8 Å². The molecule has 2 amide bonds. The molecule has 0 heterocycles. The second-order valence-corrected chi connectivity index (χ2v) is 6.61. The van der Waals surface area contributed by atoms with Crippen molar-refractivity contribution in [3.8, 4) is 5.75 Å². The van der Waals surface area contributed by atoms with E-state index in [4.69, 9.17) is 16.3 Å². The summed E-state index contributed by atoms with van der Waals surface area (Å²) in [5.74, 6) is 0.736. The van der Waals surface area contributed by atoms with Gasteiger partial charge in [0.25, 0.3) is 0 Å². The molecule has 2 aromatic rings. The normalized spacial score (nSPS) is 10.3. The molecule has 6 heteroatoms. The highest BCUT2D eigenvalue weighted by molar-refractivity contribution is 6.30. The van der Waals surface area contributed by atoms with E-state index in [0.29, 0.717) is 37.4 Å². The number of carbonyl (C=O) groups excluding carboxylic acids is 2.